The minimum atomic E-state index is -0.115. The van der Waals surface area contributed by atoms with Gasteiger partial charge < -0.3 is 11.1 Å². The van der Waals surface area contributed by atoms with Gasteiger partial charge in [0.1, 0.15) is 0 Å². The molecule has 22 heavy (non-hydrogen) atoms. The molecule has 2 rings (SSSR count). The predicted octanol–water partition coefficient (Wildman–Crippen LogP) is 3.90. The summed E-state index contributed by atoms with van der Waals surface area (Å²) in [7, 11) is 0. The first-order valence-corrected chi connectivity index (χ1v) is 8.33. The molecule has 1 aromatic rings. The minimum Gasteiger partial charge on any atom is -0.347 e. The number of benzene rings is 1. The monoisotopic (exact) mass is 324 g/mol. The van der Waals surface area contributed by atoms with E-state index >= 15 is 0 Å². The van der Waals surface area contributed by atoms with Gasteiger partial charge in [0.25, 0.3) is 0 Å². The lowest BCUT2D eigenvalue weighted by Crippen LogP contribution is -2.43. The van der Waals surface area contributed by atoms with E-state index in [1.807, 2.05) is 6.07 Å². The summed E-state index contributed by atoms with van der Waals surface area (Å²) in [6, 6.07) is 10.5. The van der Waals surface area contributed by atoms with Gasteiger partial charge in [0, 0.05) is 6.42 Å². The van der Waals surface area contributed by atoms with Crippen molar-refractivity contribution < 1.29 is 4.79 Å². The van der Waals surface area contributed by atoms with Gasteiger partial charge in [-0.05, 0) is 37.8 Å². The molecule has 4 heteroatoms. The predicted molar refractivity (Wildman–Crippen MR) is 94.1 cm³/mol. The van der Waals surface area contributed by atoms with Gasteiger partial charge in [-0.3, -0.25) is 4.79 Å². The smallest absolute Gasteiger partial charge is 0.220 e. The van der Waals surface area contributed by atoms with Gasteiger partial charge in [0.2, 0.25) is 5.91 Å². The third kappa shape index (κ3) is 5.29. The lowest BCUT2D eigenvalue weighted by atomic mass is 9.88. The van der Waals surface area contributed by atoms with Gasteiger partial charge in [-0.15, -0.1) is 12.4 Å². The van der Waals surface area contributed by atoms with Gasteiger partial charge in [-0.1, -0.05) is 56.0 Å². The largest absolute Gasteiger partial charge is 0.347 e. The number of hydrogen-bond donors (Lipinski definition) is 2. The van der Waals surface area contributed by atoms with Crippen LogP contribution in [0.2, 0.25) is 0 Å². The zero-order valence-electron chi connectivity index (χ0n) is 13.4. The quantitative estimate of drug-likeness (QED) is 0.712. The van der Waals surface area contributed by atoms with Crippen LogP contribution in [-0.2, 0) is 10.3 Å². The van der Waals surface area contributed by atoms with Crippen molar-refractivity contribution in [1.29, 1.82) is 0 Å². The SMILES string of the molecule is Cl.NCCCCCCC(=O)NC1(c2ccccc2)CCCC1. The highest BCUT2D eigenvalue weighted by atomic mass is 35.5. The zero-order valence-corrected chi connectivity index (χ0v) is 14.2. The second kappa shape index (κ2) is 9.86. The molecule has 1 aromatic carbocycles. The first-order chi connectivity index (χ1) is 10.3. The molecule has 0 atom stereocenters. The van der Waals surface area contributed by atoms with Crippen molar-refractivity contribution >= 4 is 18.3 Å². The summed E-state index contributed by atoms with van der Waals surface area (Å²) in [5.74, 6) is 0.202. The highest BCUT2D eigenvalue weighted by Gasteiger charge is 2.36. The fourth-order valence-corrected chi connectivity index (χ4v) is 3.33. The van der Waals surface area contributed by atoms with Crippen LogP contribution in [0.5, 0.6) is 0 Å². The maximum atomic E-state index is 12.3. The summed E-state index contributed by atoms with van der Waals surface area (Å²) < 4.78 is 0. The molecule has 1 aliphatic carbocycles. The summed E-state index contributed by atoms with van der Waals surface area (Å²) in [5.41, 5.74) is 6.63. The van der Waals surface area contributed by atoms with Crippen molar-refractivity contribution in [1.82, 2.24) is 5.32 Å². The van der Waals surface area contributed by atoms with Crippen molar-refractivity contribution in [2.24, 2.45) is 5.73 Å². The molecule has 0 unspecified atom stereocenters. The summed E-state index contributed by atoms with van der Waals surface area (Å²) in [5, 5.41) is 3.34. The number of carbonyl (C=O) groups is 1. The highest BCUT2D eigenvalue weighted by Crippen LogP contribution is 2.38. The number of halogens is 1. The molecular weight excluding hydrogens is 296 g/mol. The van der Waals surface area contributed by atoms with Crippen LogP contribution < -0.4 is 11.1 Å². The third-order valence-electron chi connectivity index (χ3n) is 4.52. The number of amides is 1. The Kier molecular flexibility index (Phi) is 8.51. The molecule has 1 amide bonds. The Bertz CT molecular complexity index is 430. The topological polar surface area (TPSA) is 55.1 Å². The standard InChI is InChI=1S/C18H28N2O.ClH/c19-15-9-2-1-6-12-17(21)20-18(13-7-8-14-18)16-10-4-3-5-11-16;/h3-5,10-11H,1-2,6-9,12-15,19H2,(H,20,21);1H. The second-order valence-electron chi connectivity index (χ2n) is 6.16. The normalized spacial score (nSPS) is 16.0. The summed E-state index contributed by atoms with van der Waals surface area (Å²) >= 11 is 0. The van der Waals surface area contributed by atoms with Gasteiger partial charge in [0.05, 0.1) is 5.54 Å². The Hall–Kier alpha value is -1.06. The second-order valence-corrected chi connectivity index (χ2v) is 6.16. The molecule has 0 heterocycles. The molecule has 1 saturated carbocycles. The maximum absolute atomic E-state index is 12.3. The molecule has 0 bridgehead atoms. The molecule has 0 aromatic heterocycles. The van der Waals surface area contributed by atoms with Gasteiger partial charge in [0.15, 0.2) is 0 Å². The Morgan fingerprint density at radius 3 is 2.32 bits per heavy atom. The lowest BCUT2D eigenvalue weighted by molar-refractivity contribution is -0.123. The van der Waals surface area contributed by atoms with E-state index in [4.69, 9.17) is 5.73 Å². The van der Waals surface area contributed by atoms with Crippen LogP contribution in [0.15, 0.2) is 30.3 Å². The van der Waals surface area contributed by atoms with Crippen LogP contribution in [0.4, 0.5) is 0 Å². The van der Waals surface area contributed by atoms with Gasteiger partial charge in [-0.2, -0.15) is 0 Å². The van der Waals surface area contributed by atoms with Crippen LogP contribution in [-0.4, -0.2) is 12.5 Å². The third-order valence-corrected chi connectivity index (χ3v) is 4.52. The van der Waals surface area contributed by atoms with E-state index in [0.717, 1.165) is 45.1 Å². The highest BCUT2D eigenvalue weighted by molar-refractivity contribution is 5.85. The van der Waals surface area contributed by atoms with E-state index in [2.05, 4.69) is 29.6 Å². The Labute approximate surface area is 140 Å². The number of unbranched alkanes of at least 4 members (excludes halogenated alkanes) is 3. The van der Waals surface area contributed by atoms with E-state index in [1.54, 1.807) is 0 Å². The van der Waals surface area contributed by atoms with Crippen molar-refractivity contribution in [2.75, 3.05) is 6.54 Å². The number of hydrogen-bond acceptors (Lipinski definition) is 2. The van der Waals surface area contributed by atoms with Crippen LogP contribution in [0.1, 0.15) is 63.4 Å². The molecule has 0 radical (unpaired) electrons. The molecule has 1 aliphatic rings. The Morgan fingerprint density at radius 2 is 1.68 bits per heavy atom. The zero-order chi connectivity index (χ0) is 15.0. The van der Waals surface area contributed by atoms with E-state index in [9.17, 15) is 4.79 Å². The molecule has 3 nitrogen and oxygen atoms in total. The number of rotatable bonds is 8. The Morgan fingerprint density at radius 1 is 1.05 bits per heavy atom. The summed E-state index contributed by atoms with van der Waals surface area (Å²) in [6.45, 7) is 0.753. The molecule has 124 valence electrons. The number of nitrogens with two attached hydrogens (primary N) is 1. The molecular formula is C18H29ClN2O. The van der Waals surface area contributed by atoms with Crippen molar-refractivity contribution in [3.8, 4) is 0 Å². The van der Waals surface area contributed by atoms with Crippen LogP contribution >= 0.6 is 12.4 Å². The molecule has 0 spiro atoms. The van der Waals surface area contributed by atoms with E-state index < -0.39 is 0 Å². The lowest BCUT2D eigenvalue weighted by Gasteiger charge is -2.31. The van der Waals surface area contributed by atoms with Crippen molar-refractivity contribution in [3.63, 3.8) is 0 Å². The van der Waals surface area contributed by atoms with E-state index in [1.165, 1.54) is 18.4 Å². The minimum absolute atomic E-state index is 0. The van der Waals surface area contributed by atoms with E-state index in [0.29, 0.717) is 6.42 Å². The van der Waals surface area contributed by atoms with Crippen molar-refractivity contribution in [3.05, 3.63) is 35.9 Å². The summed E-state index contributed by atoms with van der Waals surface area (Å²) in [6.07, 6.45) is 9.44. The van der Waals surface area contributed by atoms with Crippen LogP contribution in [0.25, 0.3) is 0 Å². The maximum Gasteiger partial charge on any atom is 0.220 e. The van der Waals surface area contributed by atoms with E-state index in [-0.39, 0.29) is 23.9 Å². The Balaban J connectivity index is 0.00000242. The van der Waals surface area contributed by atoms with Crippen LogP contribution in [0, 0.1) is 0 Å². The molecule has 0 aliphatic heterocycles. The fourth-order valence-electron chi connectivity index (χ4n) is 3.33. The first-order valence-electron chi connectivity index (χ1n) is 8.33. The fraction of sp³-hybridized carbons (Fsp3) is 0.611. The van der Waals surface area contributed by atoms with Crippen LogP contribution in [0.3, 0.4) is 0 Å². The average Bonchev–Trinajstić information content (AvgIpc) is 2.98. The first kappa shape index (κ1) is 19.0. The average molecular weight is 325 g/mol. The molecule has 3 N–H and O–H groups in total. The van der Waals surface area contributed by atoms with Crippen molar-refractivity contribution in [2.45, 2.75) is 63.3 Å². The molecule has 1 fully saturated rings. The number of nitrogens with one attached hydrogen (secondary N) is 1. The summed E-state index contributed by atoms with van der Waals surface area (Å²) in [4.78, 5) is 12.3. The van der Waals surface area contributed by atoms with Gasteiger partial charge >= 0.3 is 0 Å². The van der Waals surface area contributed by atoms with Gasteiger partial charge in [-0.25, -0.2) is 0 Å². The molecule has 0 saturated heterocycles. The number of carbonyl (C=O) groups excluding carboxylic acids is 1.